The highest BCUT2D eigenvalue weighted by Crippen LogP contribution is 2.36. The summed E-state index contributed by atoms with van der Waals surface area (Å²) in [5.74, 6) is 0.122. The first kappa shape index (κ1) is 24.2. The average Bonchev–Trinajstić information content (AvgIpc) is 2.61. The Balaban J connectivity index is 2.27. The highest BCUT2D eigenvalue weighted by molar-refractivity contribution is 14.1. The molecule has 2 rings (SSSR count). The van der Waals surface area contributed by atoms with Crippen LogP contribution < -0.4 is 10.1 Å². The van der Waals surface area contributed by atoms with Gasteiger partial charge in [-0.1, -0.05) is 6.92 Å². The molecule has 0 aliphatic rings. The van der Waals surface area contributed by atoms with Crippen LogP contribution in [0.25, 0.3) is 0 Å². The average molecular weight is 833 g/mol. The van der Waals surface area contributed by atoms with E-state index in [9.17, 15) is 19.8 Å². The third kappa shape index (κ3) is 6.45. The lowest BCUT2D eigenvalue weighted by molar-refractivity contribution is -0.141. The Morgan fingerprint density at radius 2 is 1.57 bits per heavy atom. The molecule has 0 radical (unpaired) electrons. The van der Waals surface area contributed by atoms with Crippen LogP contribution in [0, 0.1) is 14.3 Å². The monoisotopic (exact) mass is 833 g/mol. The molecule has 6 nitrogen and oxygen atoms in total. The Hall–Kier alpha value is -0.100. The number of rotatable bonds is 7. The predicted molar refractivity (Wildman–Crippen MR) is 139 cm³/mol. The molecule has 0 saturated heterocycles. The SMILES string of the molecule is CCC(=O)NC(Cc1cc(I)c(Oc2cc(I)c(O)c(I)c2)c(I)c1)C(=O)O. The van der Waals surface area contributed by atoms with Crippen molar-refractivity contribution in [3.8, 4) is 17.2 Å². The maximum Gasteiger partial charge on any atom is 0.326 e. The Bertz CT molecular complexity index is 873. The fraction of sp³-hybridized carbons (Fsp3) is 0.222. The highest BCUT2D eigenvalue weighted by Gasteiger charge is 2.21. The van der Waals surface area contributed by atoms with Gasteiger partial charge in [0, 0.05) is 12.8 Å². The molecule has 1 atom stereocenters. The molecule has 0 spiro atoms. The van der Waals surface area contributed by atoms with Gasteiger partial charge in [-0.15, -0.1) is 0 Å². The molecule has 28 heavy (non-hydrogen) atoms. The summed E-state index contributed by atoms with van der Waals surface area (Å²) in [6, 6.07) is 6.22. The summed E-state index contributed by atoms with van der Waals surface area (Å²) in [4.78, 5) is 23.0. The van der Waals surface area contributed by atoms with Crippen molar-refractivity contribution in [3.63, 3.8) is 0 Å². The minimum absolute atomic E-state index is 0.183. The number of nitrogens with one attached hydrogen (secondary N) is 1. The molecule has 0 heterocycles. The quantitative estimate of drug-likeness (QED) is 0.337. The zero-order valence-corrected chi connectivity index (χ0v) is 23.1. The number of ether oxygens (including phenoxy) is 1. The van der Waals surface area contributed by atoms with Crippen LogP contribution in [0.4, 0.5) is 0 Å². The summed E-state index contributed by atoms with van der Waals surface area (Å²) < 4.78 is 9.05. The summed E-state index contributed by atoms with van der Waals surface area (Å²) in [6.07, 6.45) is 0.415. The van der Waals surface area contributed by atoms with E-state index in [1.807, 2.05) is 57.3 Å². The van der Waals surface area contributed by atoms with E-state index in [0.29, 0.717) is 18.6 Å². The molecule has 2 aromatic carbocycles. The summed E-state index contributed by atoms with van der Waals surface area (Å²) >= 11 is 8.37. The second kappa shape index (κ2) is 10.8. The normalized spacial score (nSPS) is 11.8. The predicted octanol–water partition coefficient (Wildman–Crippen LogP) is 5.12. The molecule has 150 valence electrons. The lowest BCUT2D eigenvalue weighted by Crippen LogP contribution is -2.42. The number of carbonyl (C=O) groups is 2. The van der Waals surface area contributed by atoms with Crippen molar-refractivity contribution in [3.05, 3.63) is 44.1 Å². The summed E-state index contributed by atoms with van der Waals surface area (Å²) in [5, 5.41) is 21.8. The maximum atomic E-state index is 11.6. The number of carboxylic acid groups (broad SMARTS) is 1. The molecule has 1 amide bonds. The van der Waals surface area contributed by atoms with Crippen molar-refractivity contribution in [2.75, 3.05) is 0 Å². The van der Waals surface area contributed by atoms with Gasteiger partial charge in [-0.3, -0.25) is 4.79 Å². The third-order valence-corrected chi connectivity index (χ3v) is 6.91. The Labute approximate surface area is 216 Å². The van der Waals surface area contributed by atoms with Crippen LogP contribution in [0.15, 0.2) is 24.3 Å². The molecule has 10 heteroatoms. The molecule has 0 saturated carbocycles. The van der Waals surface area contributed by atoms with Crippen LogP contribution >= 0.6 is 90.4 Å². The number of benzene rings is 2. The fourth-order valence-electron chi connectivity index (χ4n) is 2.28. The number of halogens is 4. The zero-order chi connectivity index (χ0) is 21.0. The first-order valence-corrected chi connectivity index (χ1v) is 12.3. The van der Waals surface area contributed by atoms with Gasteiger partial charge in [-0.2, -0.15) is 0 Å². The topological polar surface area (TPSA) is 95.9 Å². The number of carbonyl (C=O) groups excluding carboxylic acids is 1. The maximum absolute atomic E-state index is 11.6. The minimum Gasteiger partial charge on any atom is -0.506 e. The van der Waals surface area contributed by atoms with Gasteiger partial charge < -0.3 is 20.3 Å². The number of aromatic hydroxyl groups is 1. The third-order valence-electron chi connectivity index (χ3n) is 3.66. The number of aliphatic carboxylic acids is 1. The van der Waals surface area contributed by atoms with Crippen LogP contribution in [-0.2, 0) is 16.0 Å². The van der Waals surface area contributed by atoms with Crippen molar-refractivity contribution >= 4 is 102 Å². The fourth-order valence-corrected chi connectivity index (χ4v) is 6.11. The first-order chi connectivity index (χ1) is 13.1. The van der Waals surface area contributed by atoms with Crippen molar-refractivity contribution < 1.29 is 24.5 Å². The molecule has 0 aliphatic carbocycles. The number of amides is 1. The Morgan fingerprint density at radius 3 is 2.04 bits per heavy atom. The molecule has 0 aromatic heterocycles. The van der Waals surface area contributed by atoms with Gasteiger partial charge in [-0.05, 0) is 120 Å². The Kier molecular flexibility index (Phi) is 9.31. The molecule has 1 unspecified atom stereocenters. The smallest absolute Gasteiger partial charge is 0.326 e. The summed E-state index contributed by atoms with van der Waals surface area (Å²) in [5.41, 5.74) is 0.792. The standard InChI is InChI=1S/C18H15I4NO5/c1-2-15(24)23-14(18(26)27)5-8-3-12(21)17(13(22)4-8)28-9-6-10(19)16(25)11(20)7-9/h3-4,6-7,14,25H,2,5H2,1H3,(H,23,24)(H,26,27). The molecule has 0 fully saturated rings. The van der Waals surface area contributed by atoms with Gasteiger partial charge in [-0.25, -0.2) is 4.79 Å². The first-order valence-electron chi connectivity index (χ1n) is 7.98. The van der Waals surface area contributed by atoms with Gasteiger partial charge in [0.05, 0.1) is 14.3 Å². The van der Waals surface area contributed by atoms with E-state index < -0.39 is 12.0 Å². The largest absolute Gasteiger partial charge is 0.506 e. The van der Waals surface area contributed by atoms with Crippen LogP contribution in [0.3, 0.4) is 0 Å². The van der Waals surface area contributed by atoms with Crippen LogP contribution in [0.1, 0.15) is 18.9 Å². The van der Waals surface area contributed by atoms with Crippen molar-refractivity contribution in [1.29, 1.82) is 0 Å². The van der Waals surface area contributed by atoms with Gasteiger partial charge in [0.2, 0.25) is 5.91 Å². The van der Waals surface area contributed by atoms with Crippen molar-refractivity contribution in [2.45, 2.75) is 25.8 Å². The van der Waals surface area contributed by atoms with E-state index in [4.69, 9.17) is 4.74 Å². The number of phenolic OH excluding ortho intramolecular Hbond substituents is 1. The van der Waals surface area contributed by atoms with E-state index in [1.54, 1.807) is 19.1 Å². The zero-order valence-electron chi connectivity index (χ0n) is 14.4. The highest BCUT2D eigenvalue weighted by atomic mass is 127. The Morgan fingerprint density at radius 1 is 1.04 bits per heavy atom. The van der Waals surface area contributed by atoms with Gasteiger partial charge in [0.25, 0.3) is 0 Å². The van der Waals surface area contributed by atoms with Crippen LogP contribution in [0.5, 0.6) is 17.2 Å². The van der Waals surface area contributed by atoms with Gasteiger partial charge >= 0.3 is 5.97 Å². The number of hydrogen-bond donors (Lipinski definition) is 3. The second-order valence-electron chi connectivity index (χ2n) is 5.74. The number of phenols is 1. The summed E-state index contributed by atoms with van der Waals surface area (Å²) in [6.45, 7) is 1.68. The van der Waals surface area contributed by atoms with Crippen molar-refractivity contribution in [1.82, 2.24) is 5.32 Å². The minimum atomic E-state index is -1.07. The van der Waals surface area contributed by atoms with E-state index >= 15 is 0 Å². The van der Waals surface area contributed by atoms with Crippen molar-refractivity contribution in [2.24, 2.45) is 0 Å². The van der Waals surface area contributed by atoms with Gasteiger partial charge in [0.15, 0.2) is 5.75 Å². The number of carboxylic acids is 1. The van der Waals surface area contributed by atoms with E-state index in [-0.39, 0.29) is 24.5 Å². The molecular weight excluding hydrogens is 818 g/mol. The second-order valence-corrected chi connectivity index (χ2v) is 10.4. The lowest BCUT2D eigenvalue weighted by Gasteiger charge is -2.16. The molecule has 0 bridgehead atoms. The van der Waals surface area contributed by atoms with Gasteiger partial charge in [0.1, 0.15) is 17.5 Å². The molecule has 2 aromatic rings. The number of hydrogen-bond acceptors (Lipinski definition) is 4. The lowest BCUT2D eigenvalue weighted by atomic mass is 10.1. The van der Waals surface area contributed by atoms with E-state index in [1.165, 1.54) is 0 Å². The van der Waals surface area contributed by atoms with E-state index in [0.717, 1.165) is 12.7 Å². The van der Waals surface area contributed by atoms with Crippen LogP contribution in [0.2, 0.25) is 0 Å². The molecular formula is C18H15I4NO5. The molecule has 0 aliphatic heterocycles. The van der Waals surface area contributed by atoms with Crippen LogP contribution in [-0.4, -0.2) is 28.1 Å². The summed E-state index contributed by atoms with van der Waals surface area (Å²) in [7, 11) is 0. The van der Waals surface area contributed by atoms with E-state index in [2.05, 4.69) is 50.5 Å². The molecule has 3 N–H and O–H groups in total.